The van der Waals surface area contributed by atoms with Gasteiger partial charge in [0, 0.05) is 18.1 Å². The van der Waals surface area contributed by atoms with Crippen molar-refractivity contribution in [1.82, 2.24) is 0 Å². The number of aryl methyl sites for hydroxylation is 1. The fraction of sp³-hybridized carbons (Fsp3) is 0.387. The summed E-state index contributed by atoms with van der Waals surface area (Å²) in [5.74, 6) is 0.788. The molecule has 1 saturated heterocycles. The molecule has 2 aliphatic heterocycles. The Labute approximate surface area is 221 Å². The minimum atomic E-state index is -2.16. The maximum Gasteiger partial charge on any atom is 0.264 e. The number of rotatable bonds is 7. The first-order chi connectivity index (χ1) is 17.7. The van der Waals surface area contributed by atoms with Gasteiger partial charge in [-0.2, -0.15) is 0 Å². The molecule has 1 amide bonds. The van der Waals surface area contributed by atoms with Crippen molar-refractivity contribution in [3.05, 3.63) is 89.5 Å². The fourth-order valence-corrected chi connectivity index (χ4v) is 10.8. The number of fused-ring (bicyclic) bond motifs is 2. The number of hydrogen-bond donors (Lipinski definition) is 1. The van der Waals surface area contributed by atoms with Crippen LogP contribution in [-0.2, 0) is 21.7 Å². The lowest BCUT2D eigenvalue weighted by atomic mass is 9.82. The molecule has 4 atom stereocenters. The summed E-state index contributed by atoms with van der Waals surface area (Å²) in [6, 6.07) is 24.7. The highest BCUT2D eigenvalue weighted by atomic mass is 28.3. The van der Waals surface area contributed by atoms with E-state index in [1.807, 2.05) is 35.2 Å². The zero-order valence-corrected chi connectivity index (χ0v) is 23.4. The van der Waals surface area contributed by atoms with Crippen LogP contribution in [0.4, 0.5) is 5.69 Å². The molecule has 2 aliphatic rings. The van der Waals surface area contributed by atoms with Crippen molar-refractivity contribution in [1.29, 1.82) is 0 Å². The first-order valence-corrected chi connectivity index (χ1v) is 16.2. The second kappa shape index (κ2) is 9.75. The van der Waals surface area contributed by atoms with Crippen LogP contribution < -0.4 is 14.8 Å². The Morgan fingerprint density at radius 3 is 2.41 bits per heavy atom. The van der Waals surface area contributed by atoms with Gasteiger partial charge in [0.25, 0.3) is 5.91 Å². The predicted molar refractivity (Wildman–Crippen MR) is 150 cm³/mol. The van der Waals surface area contributed by atoms with Gasteiger partial charge in [-0.3, -0.25) is 4.79 Å². The largest absolute Gasteiger partial charge is 0.497 e. The molecule has 0 aromatic heterocycles. The van der Waals surface area contributed by atoms with Gasteiger partial charge in [0.15, 0.2) is 5.60 Å². The third kappa shape index (κ3) is 4.11. The predicted octanol–water partition coefficient (Wildman–Crippen LogP) is 5.15. The molecular formula is C31H37NO4Si. The minimum absolute atomic E-state index is 0.00873. The molecule has 1 spiro atoms. The molecule has 37 heavy (non-hydrogen) atoms. The molecular weight excluding hydrogens is 478 g/mol. The van der Waals surface area contributed by atoms with Crippen LogP contribution in [0.25, 0.3) is 0 Å². The Morgan fingerprint density at radius 2 is 1.76 bits per heavy atom. The van der Waals surface area contributed by atoms with Crippen molar-refractivity contribution < 1.29 is 19.4 Å². The second-order valence-electron chi connectivity index (χ2n) is 11.1. The van der Waals surface area contributed by atoms with E-state index in [4.69, 9.17) is 9.47 Å². The number of benzene rings is 3. The van der Waals surface area contributed by atoms with Crippen molar-refractivity contribution >= 4 is 24.9 Å². The van der Waals surface area contributed by atoms with Gasteiger partial charge in [0.1, 0.15) is 5.75 Å². The van der Waals surface area contributed by atoms with E-state index in [1.54, 1.807) is 7.11 Å². The van der Waals surface area contributed by atoms with Gasteiger partial charge in [0.2, 0.25) is 0 Å². The fourth-order valence-electron chi connectivity index (χ4n) is 6.75. The summed E-state index contributed by atoms with van der Waals surface area (Å²) in [5.41, 5.74) is 3.17. The monoisotopic (exact) mass is 515 g/mol. The quantitative estimate of drug-likeness (QED) is 0.442. The summed E-state index contributed by atoms with van der Waals surface area (Å²) in [4.78, 5) is 16.4. The lowest BCUT2D eigenvalue weighted by Gasteiger charge is -2.37. The molecule has 5 nitrogen and oxygen atoms in total. The Hall–Kier alpha value is -2.93. The molecule has 0 aliphatic carbocycles. The van der Waals surface area contributed by atoms with Crippen molar-refractivity contribution in [2.45, 2.75) is 57.2 Å². The standard InChI is InChI=1S/C31H37NO4Si/c1-21-11-16-27-26(19-21)31(30(34)32(27)20-23-9-7-6-8-10-23)22(2)29(28(36-31)17-18-33)37(4,5)25-14-12-24(35-3)13-15-25/h6-16,19,22,28-29,33H,17-18,20H2,1-5H3. The number of nitrogens with zero attached hydrogens (tertiary/aromatic N) is 1. The zero-order chi connectivity index (χ0) is 26.4. The van der Waals surface area contributed by atoms with Gasteiger partial charge in [-0.05, 0) is 42.6 Å². The molecule has 0 bridgehead atoms. The van der Waals surface area contributed by atoms with E-state index in [1.165, 1.54) is 5.19 Å². The van der Waals surface area contributed by atoms with Crippen molar-refractivity contribution in [3.63, 3.8) is 0 Å². The lowest BCUT2D eigenvalue weighted by molar-refractivity contribution is -0.146. The zero-order valence-electron chi connectivity index (χ0n) is 22.4. The lowest BCUT2D eigenvalue weighted by Crippen LogP contribution is -2.51. The Bertz CT molecular complexity index is 1280. The third-order valence-corrected chi connectivity index (χ3v) is 12.9. The number of aliphatic hydroxyl groups excluding tert-OH is 1. The number of anilines is 1. The van der Waals surface area contributed by atoms with Gasteiger partial charge in [-0.15, -0.1) is 0 Å². The van der Waals surface area contributed by atoms with Gasteiger partial charge in [-0.1, -0.05) is 85.4 Å². The van der Waals surface area contributed by atoms with Crippen LogP contribution >= 0.6 is 0 Å². The molecule has 0 saturated carbocycles. The highest BCUT2D eigenvalue weighted by Gasteiger charge is 2.66. The number of aliphatic hydroxyl groups is 1. The van der Waals surface area contributed by atoms with Crippen LogP contribution in [-0.4, -0.2) is 38.9 Å². The van der Waals surface area contributed by atoms with Crippen molar-refractivity contribution in [3.8, 4) is 5.75 Å². The van der Waals surface area contributed by atoms with Gasteiger partial charge in [0.05, 0.1) is 33.5 Å². The summed E-state index contributed by atoms with van der Waals surface area (Å²) < 4.78 is 12.3. The van der Waals surface area contributed by atoms with Gasteiger partial charge in [-0.25, -0.2) is 0 Å². The summed E-state index contributed by atoms with van der Waals surface area (Å²) in [6.07, 6.45) is 0.300. The Kier molecular flexibility index (Phi) is 6.77. The maximum atomic E-state index is 14.5. The van der Waals surface area contributed by atoms with Crippen LogP contribution in [0.2, 0.25) is 18.6 Å². The van der Waals surface area contributed by atoms with E-state index in [-0.39, 0.29) is 30.1 Å². The van der Waals surface area contributed by atoms with Gasteiger partial charge >= 0.3 is 0 Å². The van der Waals surface area contributed by atoms with E-state index in [9.17, 15) is 9.90 Å². The van der Waals surface area contributed by atoms with Crippen LogP contribution in [0.3, 0.4) is 0 Å². The first-order valence-electron chi connectivity index (χ1n) is 13.1. The molecule has 1 fully saturated rings. The SMILES string of the molecule is COc1ccc([Si](C)(C)C2C(CCO)OC3(C(=O)N(Cc4ccccc4)c4ccc(C)cc43)C2C)cc1. The molecule has 5 rings (SSSR count). The third-order valence-electron chi connectivity index (χ3n) is 8.59. The molecule has 6 heteroatoms. The number of carbonyl (C=O) groups excluding carboxylic acids is 1. The average Bonchev–Trinajstić information content (AvgIpc) is 3.32. The van der Waals surface area contributed by atoms with E-state index in [0.29, 0.717) is 13.0 Å². The van der Waals surface area contributed by atoms with E-state index >= 15 is 0 Å². The number of carbonyl (C=O) groups is 1. The average molecular weight is 516 g/mol. The van der Waals surface area contributed by atoms with Crippen LogP contribution in [0.15, 0.2) is 72.8 Å². The number of hydrogen-bond acceptors (Lipinski definition) is 4. The summed E-state index contributed by atoms with van der Waals surface area (Å²) in [5, 5.41) is 11.3. The molecule has 3 aromatic rings. The van der Waals surface area contributed by atoms with E-state index in [0.717, 1.165) is 28.1 Å². The molecule has 194 valence electrons. The highest BCUT2D eigenvalue weighted by Crippen LogP contribution is 2.60. The molecule has 0 radical (unpaired) electrons. The highest BCUT2D eigenvalue weighted by molar-refractivity contribution is 6.91. The number of amides is 1. The van der Waals surface area contributed by atoms with Gasteiger partial charge < -0.3 is 19.5 Å². The van der Waals surface area contributed by atoms with Crippen molar-refractivity contribution in [2.75, 3.05) is 18.6 Å². The van der Waals surface area contributed by atoms with Crippen LogP contribution in [0.5, 0.6) is 5.75 Å². The smallest absolute Gasteiger partial charge is 0.264 e. The van der Waals surface area contributed by atoms with Crippen LogP contribution in [0.1, 0.15) is 30.0 Å². The van der Waals surface area contributed by atoms with Crippen LogP contribution in [0, 0.1) is 12.8 Å². The van der Waals surface area contributed by atoms with E-state index < -0.39 is 13.7 Å². The summed E-state index contributed by atoms with van der Waals surface area (Å²) in [6.45, 7) is 9.51. The molecule has 1 N–H and O–H groups in total. The molecule has 4 unspecified atom stereocenters. The summed E-state index contributed by atoms with van der Waals surface area (Å²) in [7, 11) is -0.484. The Balaban J connectivity index is 1.61. The number of ether oxygens (including phenoxy) is 2. The normalized spacial score (nSPS) is 25.1. The molecule has 3 aromatic carbocycles. The minimum Gasteiger partial charge on any atom is -0.497 e. The maximum absolute atomic E-state index is 14.5. The summed E-state index contributed by atoms with van der Waals surface area (Å²) >= 11 is 0. The first kappa shape index (κ1) is 25.7. The van der Waals surface area contributed by atoms with E-state index in [2.05, 4.69) is 69.4 Å². The molecule has 2 heterocycles. The van der Waals surface area contributed by atoms with Crippen molar-refractivity contribution in [2.24, 2.45) is 5.92 Å². The second-order valence-corrected chi connectivity index (χ2v) is 15.8. The number of methoxy groups -OCH3 is 1. The Morgan fingerprint density at radius 1 is 1.05 bits per heavy atom. The topological polar surface area (TPSA) is 59.0 Å².